The Kier molecular flexibility index (Phi) is 3.96. The summed E-state index contributed by atoms with van der Waals surface area (Å²) >= 11 is 5.72. The number of rotatable bonds is 3. The van der Waals surface area contributed by atoms with Gasteiger partial charge in [-0.05, 0) is 30.2 Å². The van der Waals surface area contributed by atoms with Crippen molar-refractivity contribution < 1.29 is 18.0 Å². The SMILES string of the molecule is NOCCc1cc(C(F)(F)F)ccc1Cl. The first kappa shape index (κ1) is 12.3. The lowest BCUT2D eigenvalue weighted by Gasteiger charge is -2.09. The molecule has 0 unspecified atom stereocenters. The number of alkyl halides is 3. The zero-order valence-corrected chi connectivity index (χ0v) is 8.40. The summed E-state index contributed by atoms with van der Waals surface area (Å²) in [5.74, 6) is 4.78. The highest BCUT2D eigenvalue weighted by atomic mass is 35.5. The fourth-order valence-corrected chi connectivity index (χ4v) is 1.32. The van der Waals surface area contributed by atoms with Gasteiger partial charge >= 0.3 is 6.18 Å². The molecule has 0 saturated carbocycles. The maximum atomic E-state index is 12.3. The fourth-order valence-electron chi connectivity index (χ4n) is 1.11. The van der Waals surface area contributed by atoms with Crippen LogP contribution in [0.5, 0.6) is 0 Å². The van der Waals surface area contributed by atoms with Crippen LogP contribution in [-0.4, -0.2) is 6.61 Å². The predicted molar refractivity (Wildman–Crippen MR) is 50.3 cm³/mol. The summed E-state index contributed by atoms with van der Waals surface area (Å²) in [5.41, 5.74) is -0.351. The molecule has 1 aromatic rings. The largest absolute Gasteiger partial charge is 0.416 e. The van der Waals surface area contributed by atoms with E-state index in [9.17, 15) is 13.2 Å². The van der Waals surface area contributed by atoms with Crippen molar-refractivity contribution in [1.29, 1.82) is 0 Å². The van der Waals surface area contributed by atoms with Crippen LogP contribution in [0.15, 0.2) is 18.2 Å². The van der Waals surface area contributed by atoms with Crippen LogP contribution < -0.4 is 5.90 Å². The molecule has 0 spiro atoms. The first-order valence-electron chi connectivity index (χ1n) is 4.12. The van der Waals surface area contributed by atoms with Crippen molar-refractivity contribution in [2.75, 3.05) is 6.61 Å². The van der Waals surface area contributed by atoms with Crippen LogP contribution >= 0.6 is 11.6 Å². The second kappa shape index (κ2) is 4.83. The average molecular weight is 240 g/mol. The minimum atomic E-state index is -4.36. The van der Waals surface area contributed by atoms with Gasteiger partial charge in [0, 0.05) is 5.02 Å². The lowest BCUT2D eigenvalue weighted by atomic mass is 10.1. The van der Waals surface area contributed by atoms with E-state index in [2.05, 4.69) is 4.84 Å². The Morgan fingerprint density at radius 2 is 2.00 bits per heavy atom. The first-order chi connectivity index (χ1) is 6.95. The van der Waals surface area contributed by atoms with Gasteiger partial charge < -0.3 is 4.84 Å². The molecule has 0 aliphatic carbocycles. The van der Waals surface area contributed by atoms with Gasteiger partial charge in [-0.25, -0.2) is 5.90 Å². The molecular weight excluding hydrogens is 231 g/mol. The molecular formula is C9H9ClF3NO. The van der Waals surface area contributed by atoms with Crippen LogP contribution in [0, 0.1) is 0 Å². The smallest absolute Gasteiger partial charge is 0.304 e. The third-order valence-corrected chi connectivity index (χ3v) is 2.23. The maximum Gasteiger partial charge on any atom is 0.416 e. The molecule has 0 fully saturated rings. The molecule has 2 nitrogen and oxygen atoms in total. The molecule has 84 valence electrons. The van der Waals surface area contributed by atoms with Gasteiger partial charge in [0.2, 0.25) is 0 Å². The predicted octanol–water partition coefficient (Wildman–Crippen LogP) is 2.79. The molecule has 15 heavy (non-hydrogen) atoms. The summed E-state index contributed by atoms with van der Waals surface area (Å²) in [5, 5.41) is 0.278. The van der Waals surface area contributed by atoms with Crippen molar-refractivity contribution in [1.82, 2.24) is 0 Å². The molecule has 6 heteroatoms. The highest BCUT2D eigenvalue weighted by Gasteiger charge is 2.30. The summed E-state index contributed by atoms with van der Waals surface area (Å²) in [6.07, 6.45) is -4.11. The zero-order valence-electron chi connectivity index (χ0n) is 7.64. The van der Waals surface area contributed by atoms with E-state index in [1.54, 1.807) is 0 Å². The molecule has 2 N–H and O–H groups in total. The van der Waals surface area contributed by atoms with Crippen molar-refractivity contribution in [3.05, 3.63) is 34.3 Å². The molecule has 1 rings (SSSR count). The van der Waals surface area contributed by atoms with Crippen molar-refractivity contribution >= 4 is 11.6 Å². The van der Waals surface area contributed by atoms with Crippen LogP contribution in [0.2, 0.25) is 5.02 Å². The fraction of sp³-hybridized carbons (Fsp3) is 0.333. The molecule has 0 heterocycles. The van der Waals surface area contributed by atoms with Gasteiger partial charge in [0.15, 0.2) is 0 Å². The monoisotopic (exact) mass is 239 g/mol. The van der Waals surface area contributed by atoms with Crippen LogP contribution in [0.3, 0.4) is 0 Å². The first-order valence-corrected chi connectivity index (χ1v) is 4.50. The topological polar surface area (TPSA) is 35.2 Å². The number of halogens is 4. The quantitative estimate of drug-likeness (QED) is 0.824. The lowest BCUT2D eigenvalue weighted by molar-refractivity contribution is -0.137. The minimum Gasteiger partial charge on any atom is -0.304 e. The number of hydrogen-bond acceptors (Lipinski definition) is 2. The second-order valence-corrected chi connectivity index (χ2v) is 3.33. The Hall–Kier alpha value is -0.780. The van der Waals surface area contributed by atoms with Gasteiger partial charge in [-0.3, -0.25) is 0 Å². The van der Waals surface area contributed by atoms with Gasteiger partial charge in [-0.1, -0.05) is 11.6 Å². The third-order valence-electron chi connectivity index (χ3n) is 1.86. The Labute approximate surface area is 89.7 Å². The molecule has 0 radical (unpaired) electrons. The Morgan fingerprint density at radius 3 is 2.53 bits per heavy atom. The van der Waals surface area contributed by atoms with E-state index in [0.29, 0.717) is 5.56 Å². The van der Waals surface area contributed by atoms with Crippen LogP contribution in [0.1, 0.15) is 11.1 Å². The molecule has 0 saturated heterocycles. The number of nitrogens with two attached hydrogens (primary N) is 1. The number of hydrogen-bond donors (Lipinski definition) is 1. The molecule has 0 atom stereocenters. The minimum absolute atomic E-state index is 0.126. The lowest BCUT2D eigenvalue weighted by Crippen LogP contribution is -2.08. The normalized spacial score (nSPS) is 11.8. The van der Waals surface area contributed by atoms with Gasteiger partial charge in [-0.2, -0.15) is 13.2 Å². The van der Waals surface area contributed by atoms with Crippen molar-refractivity contribution in [3.8, 4) is 0 Å². The maximum absolute atomic E-state index is 12.3. The average Bonchev–Trinajstić information content (AvgIpc) is 2.15. The van der Waals surface area contributed by atoms with E-state index >= 15 is 0 Å². The van der Waals surface area contributed by atoms with Gasteiger partial charge in [0.1, 0.15) is 0 Å². The van der Waals surface area contributed by atoms with Crippen molar-refractivity contribution in [2.45, 2.75) is 12.6 Å². The Morgan fingerprint density at radius 1 is 1.33 bits per heavy atom. The van der Waals surface area contributed by atoms with Crippen molar-refractivity contribution in [3.63, 3.8) is 0 Å². The standard InChI is InChI=1S/C9H9ClF3NO/c10-8-2-1-7(9(11,12)13)5-6(8)3-4-15-14/h1-2,5H,3-4,14H2. The molecule has 0 amide bonds. The molecule has 0 aromatic heterocycles. The summed E-state index contributed by atoms with van der Waals surface area (Å²) < 4.78 is 37.0. The van der Waals surface area contributed by atoms with E-state index in [1.165, 1.54) is 6.07 Å². The van der Waals surface area contributed by atoms with Crippen LogP contribution in [-0.2, 0) is 17.4 Å². The number of benzene rings is 1. The van der Waals surface area contributed by atoms with Crippen LogP contribution in [0.25, 0.3) is 0 Å². The van der Waals surface area contributed by atoms with E-state index < -0.39 is 11.7 Å². The molecule has 1 aromatic carbocycles. The van der Waals surface area contributed by atoms with E-state index in [4.69, 9.17) is 17.5 Å². The van der Waals surface area contributed by atoms with E-state index in [-0.39, 0.29) is 18.1 Å². The summed E-state index contributed by atoms with van der Waals surface area (Å²) in [7, 11) is 0. The summed E-state index contributed by atoms with van der Waals surface area (Å²) in [6, 6.07) is 3.16. The zero-order chi connectivity index (χ0) is 11.5. The van der Waals surface area contributed by atoms with Gasteiger partial charge in [0.25, 0.3) is 0 Å². The second-order valence-electron chi connectivity index (χ2n) is 2.92. The summed E-state index contributed by atoms with van der Waals surface area (Å²) in [4.78, 5) is 4.29. The molecule has 0 bridgehead atoms. The highest BCUT2D eigenvalue weighted by Crippen LogP contribution is 2.31. The van der Waals surface area contributed by atoms with Gasteiger partial charge in [0.05, 0.1) is 12.2 Å². The Bertz CT molecular complexity index is 341. The van der Waals surface area contributed by atoms with Gasteiger partial charge in [-0.15, -0.1) is 0 Å². The highest BCUT2D eigenvalue weighted by molar-refractivity contribution is 6.31. The molecule has 0 aliphatic rings. The summed E-state index contributed by atoms with van der Waals surface area (Å²) in [6.45, 7) is 0.126. The molecule has 0 aliphatic heterocycles. The van der Waals surface area contributed by atoms with Crippen LogP contribution in [0.4, 0.5) is 13.2 Å². The Balaban J connectivity index is 2.95. The van der Waals surface area contributed by atoms with Crippen molar-refractivity contribution in [2.24, 2.45) is 5.90 Å². The van der Waals surface area contributed by atoms with E-state index in [0.717, 1.165) is 12.1 Å². The third kappa shape index (κ3) is 3.37. The van der Waals surface area contributed by atoms with E-state index in [1.807, 2.05) is 0 Å².